The third-order valence-corrected chi connectivity index (χ3v) is 10.2. The number of piperidine rings is 1. The molecule has 2 unspecified atom stereocenters. The minimum absolute atomic E-state index is 0.267. The molecule has 9 heteroatoms. The SMILES string of the molecule is C=C/C=C\C(=C)C(=C)CBr.CCN1CCCC(Oc2ccc(NC(=S)/N=C(\N)SCC3(P)CCCCCC3)cc2)C1. The molecule has 0 amide bonds. The second kappa shape index (κ2) is 19.7. The molecule has 1 aromatic carbocycles. The van der Waals surface area contributed by atoms with Gasteiger partial charge in [-0.3, -0.25) is 4.90 Å². The number of amidine groups is 1. The Hall–Kier alpha value is -1.44. The number of halogens is 1. The summed E-state index contributed by atoms with van der Waals surface area (Å²) < 4.78 is 6.16. The molecule has 0 spiro atoms. The Morgan fingerprint density at radius 1 is 1.24 bits per heavy atom. The molecule has 1 heterocycles. The number of hydrogen-bond donors (Lipinski definition) is 2. The van der Waals surface area contributed by atoms with E-state index >= 15 is 0 Å². The van der Waals surface area contributed by atoms with Gasteiger partial charge in [0.2, 0.25) is 0 Å². The van der Waals surface area contributed by atoms with Crippen molar-refractivity contribution in [3.8, 4) is 5.75 Å². The van der Waals surface area contributed by atoms with Crippen LogP contribution in [0.15, 0.2) is 78.4 Å². The maximum atomic E-state index is 6.16. The third kappa shape index (κ3) is 14.5. The predicted molar refractivity (Wildman–Crippen MR) is 194 cm³/mol. The van der Waals surface area contributed by atoms with Gasteiger partial charge < -0.3 is 15.8 Å². The highest BCUT2D eigenvalue weighted by atomic mass is 79.9. The van der Waals surface area contributed by atoms with E-state index in [-0.39, 0.29) is 11.3 Å². The monoisotopic (exact) mass is 678 g/mol. The molecule has 41 heavy (non-hydrogen) atoms. The van der Waals surface area contributed by atoms with Crippen molar-refractivity contribution in [1.82, 2.24) is 4.90 Å². The molecule has 5 nitrogen and oxygen atoms in total. The Morgan fingerprint density at radius 3 is 2.54 bits per heavy atom. The van der Waals surface area contributed by atoms with Gasteiger partial charge in [0, 0.05) is 23.3 Å². The van der Waals surface area contributed by atoms with Crippen molar-refractivity contribution < 1.29 is 4.74 Å². The van der Waals surface area contributed by atoms with E-state index in [4.69, 9.17) is 22.7 Å². The molecule has 0 aromatic heterocycles. The number of nitrogens with one attached hydrogen (secondary N) is 1. The van der Waals surface area contributed by atoms with Crippen molar-refractivity contribution in [3.05, 3.63) is 73.4 Å². The molecule has 1 saturated heterocycles. The van der Waals surface area contributed by atoms with Crippen molar-refractivity contribution in [3.63, 3.8) is 0 Å². The van der Waals surface area contributed by atoms with Crippen LogP contribution in [0.5, 0.6) is 5.75 Å². The highest BCUT2D eigenvalue weighted by molar-refractivity contribution is 9.09. The minimum Gasteiger partial charge on any atom is -0.489 e. The summed E-state index contributed by atoms with van der Waals surface area (Å²) in [6.07, 6.45) is 15.8. The molecule has 2 atom stereocenters. The Bertz CT molecular complexity index is 1050. The van der Waals surface area contributed by atoms with E-state index in [1.165, 1.54) is 51.5 Å². The van der Waals surface area contributed by atoms with Crippen molar-refractivity contribution in [2.45, 2.75) is 69.6 Å². The third-order valence-electron chi connectivity index (χ3n) is 7.19. The number of rotatable bonds is 10. The van der Waals surface area contributed by atoms with Crippen LogP contribution in [0.3, 0.4) is 0 Å². The number of benzene rings is 1. The number of alkyl halides is 1. The van der Waals surface area contributed by atoms with Crippen LogP contribution < -0.4 is 15.8 Å². The predicted octanol–water partition coefficient (Wildman–Crippen LogP) is 8.50. The number of nitrogens with zero attached hydrogens (tertiary/aromatic N) is 2. The van der Waals surface area contributed by atoms with Crippen LogP contribution in [0, 0.1) is 0 Å². The van der Waals surface area contributed by atoms with Crippen LogP contribution >= 0.6 is 49.1 Å². The number of anilines is 1. The average molecular weight is 680 g/mol. The van der Waals surface area contributed by atoms with Gasteiger partial charge in [0.05, 0.1) is 0 Å². The number of likely N-dealkylation sites (N-methyl/N-ethyl adjacent to an activating group) is 1. The van der Waals surface area contributed by atoms with Crippen LogP contribution in [0.4, 0.5) is 5.69 Å². The summed E-state index contributed by atoms with van der Waals surface area (Å²) in [5.74, 6) is 1.87. The number of aliphatic imine (C=N–C) groups is 1. The maximum absolute atomic E-state index is 6.16. The summed E-state index contributed by atoms with van der Waals surface area (Å²) in [5, 5.41) is 5.13. The smallest absolute Gasteiger partial charge is 0.199 e. The molecule has 2 aliphatic rings. The molecule has 1 saturated carbocycles. The van der Waals surface area contributed by atoms with E-state index in [1.807, 2.05) is 36.4 Å². The number of hydrogen-bond acceptors (Lipinski definition) is 4. The fourth-order valence-electron chi connectivity index (χ4n) is 4.67. The van der Waals surface area contributed by atoms with E-state index in [0.717, 1.165) is 53.2 Å². The van der Waals surface area contributed by atoms with E-state index in [0.29, 0.717) is 10.3 Å². The summed E-state index contributed by atoms with van der Waals surface area (Å²) in [6, 6.07) is 7.93. The number of likely N-dealkylation sites (tertiary alicyclic amines) is 1. The quantitative estimate of drug-likeness (QED) is 0.0492. The van der Waals surface area contributed by atoms with Crippen LogP contribution in [0.25, 0.3) is 0 Å². The topological polar surface area (TPSA) is 62.9 Å². The lowest BCUT2D eigenvalue weighted by atomic mass is 10.0. The molecule has 1 aliphatic heterocycles. The Kier molecular flexibility index (Phi) is 17.2. The normalized spacial score (nSPS) is 19.4. The van der Waals surface area contributed by atoms with Crippen molar-refractivity contribution in [2.75, 3.05) is 36.0 Å². The number of nitrogens with two attached hydrogens (primary N) is 1. The summed E-state index contributed by atoms with van der Waals surface area (Å²) in [4.78, 5) is 6.82. The average Bonchev–Trinajstić information content (AvgIpc) is 3.20. The second-order valence-electron chi connectivity index (χ2n) is 10.6. The molecule has 1 aliphatic carbocycles. The summed E-state index contributed by atoms with van der Waals surface area (Å²) >= 11 is 10.3. The van der Waals surface area contributed by atoms with Crippen LogP contribution in [-0.4, -0.2) is 57.2 Å². The van der Waals surface area contributed by atoms with Gasteiger partial charge in [-0.1, -0.05) is 98.3 Å². The van der Waals surface area contributed by atoms with Gasteiger partial charge in [-0.2, -0.15) is 4.99 Å². The highest BCUT2D eigenvalue weighted by Crippen LogP contribution is 2.37. The van der Waals surface area contributed by atoms with Gasteiger partial charge in [0.25, 0.3) is 0 Å². The maximum Gasteiger partial charge on any atom is 0.199 e. The zero-order valence-corrected chi connectivity index (χ0v) is 29.0. The molecule has 2 fully saturated rings. The molecule has 1 aromatic rings. The molecule has 3 rings (SSSR count). The standard InChI is InChI=1S/C23H37N4OPS2.C9H11Br/c1-2-27-15-7-8-20(16-27)28-19-11-9-18(10-12-19)25-22(30)26-21(24)31-17-23(29)13-5-3-4-6-14-23;1-4-5-6-8(2)9(3)7-10/h9-12,20H,2-8,13-17,29H2,1H3,(H3,24,25,26,30);4-6H,1-3,7H2/b;6-5-. The van der Waals surface area contributed by atoms with Gasteiger partial charge in [0.15, 0.2) is 10.3 Å². The summed E-state index contributed by atoms with van der Waals surface area (Å²) in [5.41, 5.74) is 8.98. The molecular formula is C32H48BrN4OPS2. The second-order valence-corrected chi connectivity index (χ2v) is 13.8. The number of thiocarbonyl (C=S) groups is 1. The van der Waals surface area contributed by atoms with Crippen molar-refractivity contribution in [1.29, 1.82) is 0 Å². The first-order valence-corrected chi connectivity index (χ1v) is 17.5. The summed E-state index contributed by atoms with van der Waals surface area (Å²) in [6.45, 7) is 16.6. The van der Waals surface area contributed by atoms with Crippen LogP contribution in [0.2, 0.25) is 0 Å². The van der Waals surface area contributed by atoms with E-state index in [9.17, 15) is 0 Å². The molecule has 3 N–H and O–H groups in total. The number of thioether (sulfide) groups is 1. The molecule has 0 radical (unpaired) electrons. The lowest BCUT2D eigenvalue weighted by Crippen LogP contribution is -2.40. The first kappa shape index (κ1) is 35.8. The highest BCUT2D eigenvalue weighted by Gasteiger charge is 2.26. The van der Waals surface area contributed by atoms with Gasteiger partial charge >= 0.3 is 0 Å². The molecule has 0 bridgehead atoms. The Morgan fingerprint density at radius 2 is 1.93 bits per heavy atom. The van der Waals surface area contributed by atoms with Gasteiger partial charge in [-0.05, 0) is 91.6 Å². The van der Waals surface area contributed by atoms with E-state index in [2.05, 4.69) is 67.0 Å². The zero-order valence-electron chi connectivity index (χ0n) is 24.6. The molecule has 226 valence electrons. The Balaban J connectivity index is 0.000000503. The fourth-order valence-corrected chi connectivity index (χ4v) is 6.84. The van der Waals surface area contributed by atoms with Crippen molar-refractivity contribution in [2.24, 2.45) is 10.7 Å². The van der Waals surface area contributed by atoms with Crippen molar-refractivity contribution >= 4 is 65.1 Å². The lowest BCUT2D eigenvalue weighted by molar-refractivity contribution is 0.0920. The van der Waals surface area contributed by atoms with E-state index in [1.54, 1.807) is 17.8 Å². The minimum atomic E-state index is 0.267. The molecular weight excluding hydrogens is 631 g/mol. The number of ether oxygens (including phenoxy) is 1. The Labute approximate surface area is 268 Å². The first-order chi connectivity index (χ1) is 19.7. The van der Waals surface area contributed by atoms with Gasteiger partial charge in [-0.25, -0.2) is 0 Å². The number of allylic oxidation sites excluding steroid dienone is 5. The fraction of sp³-hybridized carbons (Fsp3) is 0.500. The largest absolute Gasteiger partial charge is 0.489 e. The van der Waals surface area contributed by atoms with Crippen LogP contribution in [0.1, 0.15) is 58.3 Å². The van der Waals surface area contributed by atoms with Gasteiger partial charge in [-0.15, -0.1) is 9.24 Å². The van der Waals surface area contributed by atoms with Gasteiger partial charge in [0.1, 0.15) is 11.9 Å². The van der Waals surface area contributed by atoms with E-state index < -0.39 is 0 Å². The summed E-state index contributed by atoms with van der Waals surface area (Å²) in [7, 11) is 3.08. The lowest BCUT2D eigenvalue weighted by Gasteiger charge is -2.32. The first-order valence-electron chi connectivity index (χ1n) is 14.5. The van der Waals surface area contributed by atoms with Crippen LogP contribution in [-0.2, 0) is 0 Å². The zero-order chi connectivity index (χ0) is 30.1.